The van der Waals surface area contributed by atoms with Gasteiger partial charge in [-0.05, 0) is 37.3 Å². The molecular weight excluding hydrogens is 371 g/mol. The summed E-state index contributed by atoms with van der Waals surface area (Å²) in [4.78, 5) is 9.13. The van der Waals surface area contributed by atoms with Crippen molar-refractivity contribution >= 4 is 23.3 Å². The normalized spacial score (nSPS) is 11.0. The predicted octanol–water partition coefficient (Wildman–Crippen LogP) is 4.06. The molecule has 8 heteroatoms. The fourth-order valence-corrected chi connectivity index (χ4v) is 3.40. The minimum Gasteiger partial charge on any atom is -0.428 e. The summed E-state index contributed by atoms with van der Waals surface area (Å²) in [5, 5.41) is 14.8. The van der Waals surface area contributed by atoms with Gasteiger partial charge in [0.1, 0.15) is 17.5 Å². The highest BCUT2D eigenvalue weighted by Gasteiger charge is 2.14. The lowest BCUT2D eigenvalue weighted by atomic mass is 10.2. The molecule has 0 spiro atoms. The number of nitrogens with one attached hydrogen (secondary N) is 2. The van der Waals surface area contributed by atoms with Crippen molar-refractivity contribution in [2.75, 3.05) is 0 Å². The van der Waals surface area contributed by atoms with Gasteiger partial charge < -0.3 is 13.9 Å². The van der Waals surface area contributed by atoms with Gasteiger partial charge in [-0.15, -0.1) is 0 Å². The maximum Gasteiger partial charge on any atom is 0.220 e. The number of benzene rings is 2. The summed E-state index contributed by atoms with van der Waals surface area (Å²) in [6.45, 7) is 3.24. The Balaban J connectivity index is 1.73. The molecule has 0 unspecified atom stereocenters. The number of aromatic nitrogens is 4. The zero-order valence-electron chi connectivity index (χ0n) is 15.8. The maximum absolute atomic E-state index is 13.6. The van der Waals surface area contributed by atoms with Crippen molar-refractivity contribution in [3.05, 3.63) is 72.1 Å². The number of halogens is 1. The van der Waals surface area contributed by atoms with E-state index in [0.717, 1.165) is 29.8 Å². The topological polar surface area (TPSA) is 92.6 Å². The Morgan fingerprint density at radius 2 is 2.10 bits per heavy atom. The summed E-state index contributed by atoms with van der Waals surface area (Å²) in [6, 6.07) is 11.8. The van der Waals surface area contributed by atoms with Crippen molar-refractivity contribution in [3.63, 3.8) is 0 Å². The third-order valence-electron chi connectivity index (χ3n) is 4.69. The van der Waals surface area contributed by atoms with Gasteiger partial charge in [0, 0.05) is 30.1 Å². The van der Waals surface area contributed by atoms with Crippen LogP contribution in [0.1, 0.15) is 18.3 Å². The van der Waals surface area contributed by atoms with E-state index in [0.29, 0.717) is 23.5 Å². The molecule has 0 saturated carbocycles. The zero-order chi connectivity index (χ0) is 20.4. The predicted molar refractivity (Wildman–Crippen MR) is 109 cm³/mol. The van der Waals surface area contributed by atoms with Crippen molar-refractivity contribution < 1.29 is 9.13 Å². The summed E-state index contributed by atoms with van der Waals surface area (Å²) >= 11 is 0. The Bertz CT molecular complexity index is 1210. The number of fused-ring (bicyclic) bond motifs is 1. The molecule has 2 aromatic carbocycles. The molecule has 0 fully saturated rings. The van der Waals surface area contributed by atoms with E-state index >= 15 is 0 Å². The molecule has 0 bridgehead atoms. The van der Waals surface area contributed by atoms with Crippen LogP contribution in [0.15, 0.2) is 54.9 Å². The van der Waals surface area contributed by atoms with Gasteiger partial charge in [-0.1, -0.05) is 12.1 Å². The van der Waals surface area contributed by atoms with Gasteiger partial charge in [-0.25, -0.2) is 14.4 Å². The van der Waals surface area contributed by atoms with Crippen molar-refractivity contribution in [3.8, 4) is 11.4 Å². The average Bonchev–Trinajstić information content (AvgIpc) is 3.31. The van der Waals surface area contributed by atoms with Gasteiger partial charge in [0.2, 0.25) is 5.90 Å². The molecule has 2 N–H and O–H groups in total. The summed E-state index contributed by atoms with van der Waals surface area (Å²) < 4.78 is 22.5. The van der Waals surface area contributed by atoms with Crippen molar-refractivity contribution in [2.24, 2.45) is 0 Å². The number of hydrogen-bond acceptors (Lipinski definition) is 5. The van der Waals surface area contributed by atoms with E-state index in [-0.39, 0.29) is 11.7 Å². The Kier molecular flexibility index (Phi) is 4.90. The van der Waals surface area contributed by atoms with E-state index in [1.54, 1.807) is 24.4 Å². The minimum absolute atomic E-state index is 0.0995. The lowest BCUT2D eigenvalue weighted by Crippen LogP contribution is -2.08. The fraction of sp³-hybridized carbons (Fsp3) is 0.143. The monoisotopic (exact) mass is 390 g/mol. The largest absolute Gasteiger partial charge is 0.428 e. The number of hydrogen-bond donors (Lipinski definition) is 2. The number of imidazole rings is 2. The molecule has 29 heavy (non-hydrogen) atoms. The lowest BCUT2D eigenvalue weighted by molar-refractivity contribution is 0.561. The first kappa shape index (κ1) is 18.5. The SMILES string of the molecule is CCn1c(Cn2ccnc2-c2cccc(F)c2)nc2cc(C(=N)OC=N)ccc21. The van der Waals surface area contributed by atoms with Crippen molar-refractivity contribution in [2.45, 2.75) is 20.0 Å². The van der Waals surface area contributed by atoms with Crippen LogP contribution in [-0.4, -0.2) is 31.4 Å². The van der Waals surface area contributed by atoms with E-state index in [4.69, 9.17) is 20.5 Å². The molecule has 4 aromatic rings. The quantitative estimate of drug-likeness (QED) is 0.384. The van der Waals surface area contributed by atoms with Crippen LogP contribution in [0.5, 0.6) is 0 Å². The van der Waals surface area contributed by atoms with E-state index < -0.39 is 0 Å². The summed E-state index contributed by atoms with van der Waals surface area (Å²) in [6.07, 6.45) is 4.27. The molecule has 4 rings (SSSR count). The van der Waals surface area contributed by atoms with Crippen LogP contribution >= 0.6 is 0 Å². The highest BCUT2D eigenvalue weighted by atomic mass is 19.1. The second kappa shape index (κ2) is 7.67. The van der Waals surface area contributed by atoms with Gasteiger partial charge in [0.25, 0.3) is 0 Å². The zero-order valence-corrected chi connectivity index (χ0v) is 15.8. The lowest BCUT2D eigenvalue weighted by Gasteiger charge is -2.10. The van der Waals surface area contributed by atoms with Gasteiger partial charge in [-0.2, -0.15) is 0 Å². The van der Waals surface area contributed by atoms with E-state index in [2.05, 4.69) is 9.55 Å². The first-order chi connectivity index (χ1) is 14.1. The van der Waals surface area contributed by atoms with Gasteiger partial charge >= 0.3 is 0 Å². The number of nitrogens with zero attached hydrogens (tertiary/aromatic N) is 4. The number of rotatable bonds is 6. The number of ether oxygens (including phenoxy) is 1. The summed E-state index contributed by atoms with van der Waals surface area (Å²) in [5.74, 6) is 1.09. The Morgan fingerprint density at radius 3 is 2.86 bits per heavy atom. The molecule has 2 aromatic heterocycles. The molecule has 0 aliphatic rings. The highest BCUT2D eigenvalue weighted by molar-refractivity contribution is 5.98. The second-order valence-electron chi connectivity index (χ2n) is 6.43. The molecule has 0 aliphatic heterocycles. The minimum atomic E-state index is -0.306. The Hall–Kier alpha value is -3.81. The van der Waals surface area contributed by atoms with Crippen LogP contribution in [0.2, 0.25) is 0 Å². The third kappa shape index (κ3) is 3.52. The third-order valence-corrected chi connectivity index (χ3v) is 4.69. The molecule has 7 nitrogen and oxygen atoms in total. The van der Waals surface area contributed by atoms with Crippen LogP contribution in [0, 0.1) is 16.6 Å². The van der Waals surface area contributed by atoms with E-state index in [1.165, 1.54) is 12.1 Å². The van der Waals surface area contributed by atoms with Crippen LogP contribution in [0.3, 0.4) is 0 Å². The average molecular weight is 390 g/mol. The Morgan fingerprint density at radius 1 is 1.24 bits per heavy atom. The Labute approximate surface area is 166 Å². The highest BCUT2D eigenvalue weighted by Crippen LogP contribution is 2.22. The molecule has 0 radical (unpaired) electrons. The van der Waals surface area contributed by atoms with Crippen LogP contribution in [-0.2, 0) is 17.8 Å². The maximum atomic E-state index is 13.6. The summed E-state index contributed by atoms with van der Waals surface area (Å²) in [5.41, 5.74) is 2.94. The van der Waals surface area contributed by atoms with Crippen LogP contribution in [0.25, 0.3) is 22.4 Å². The molecule has 0 aliphatic carbocycles. The van der Waals surface area contributed by atoms with Gasteiger partial charge in [0.05, 0.1) is 17.6 Å². The fourth-order valence-electron chi connectivity index (χ4n) is 3.40. The van der Waals surface area contributed by atoms with E-state index in [9.17, 15) is 4.39 Å². The standard InChI is InChI=1S/C21H19FN6O/c1-2-28-18-7-6-14(20(24)29-13-23)11-17(18)26-19(28)12-27-9-8-25-21(27)15-4-3-5-16(22)10-15/h3-11,13,23-24H,2,12H2,1H3. The van der Waals surface area contributed by atoms with E-state index in [1.807, 2.05) is 29.8 Å². The molecule has 0 atom stereocenters. The second-order valence-corrected chi connectivity index (χ2v) is 6.43. The van der Waals surface area contributed by atoms with Crippen molar-refractivity contribution in [1.82, 2.24) is 19.1 Å². The first-order valence-corrected chi connectivity index (χ1v) is 9.11. The van der Waals surface area contributed by atoms with Gasteiger partial charge in [0.15, 0.2) is 6.40 Å². The molecule has 2 heterocycles. The smallest absolute Gasteiger partial charge is 0.220 e. The van der Waals surface area contributed by atoms with Crippen molar-refractivity contribution in [1.29, 1.82) is 10.8 Å². The molecular formula is C21H19FN6O. The molecule has 0 amide bonds. The van der Waals surface area contributed by atoms with Crippen LogP contribution < -0.4 is 0 Å². The first-order valence-electron chi connectivity index (χ1n) is 9.11. The van der Waals surface area contributed by atoms with Gasteiger partial charge in [-0.3, -0.25) is 10.8 Å². The molecule has 0 saturated heterocycles. The summed E-state index contributed by atoms with van der Waals surface area (Å²) in [7, 11) is 0. The number of aryl methyl sites for hydroxylation is 1. The van der Waals surface area contributed by atoms with Crippen LogP contribution in [0.4, 0.5) is 4.39 Å². The molecule has 146 valence electrons.